The van der Waals surface area contributed by atoms with Crippen LogP contribution in [-0.2, 0) is 0 Å². The Balaban J connectivity index is 2.39. The van der Waals surface area contributed by atoms with E-state index in [1.54, 1.807) is 18.2 Å². The molecule has 0 bridgehead atoms. The molecule has 0 aliphatic rings. The van der Waals surface area contributed by atoms with Gasteiger partial charge < -0.3 is 14.9 Å². The van der Waals surface area contributed by atoms with E-state index in [1.165, 1.54) is 0 Å². The van der Waals surface area contributed by atoms with Crippen LogP contribution in [0.25, 0.3) is 0 Å². The predicted molar refractivity (Wildman–Crippen MR) is 53.4 cm³/mol. The van der Waals surface area contributed by atoms with Crippen molar-refractivity contribution in [3.8, 4) is 11.5 Å². The molecule has 0 aromatic heterocycles. The van der Waals surface area contributed by atoms with Crippen LogP contribution in [0.15, 0.2) is 18.2 Å². The minimum Gasteiger partial charge on any atom is -0.508 e. The molecule has 0 radical (unpaired) electrons. The number of hydrogen-bond donors (Lipinski definition) is 3. The van der Waals surface area contributed by atoms with Crippen molar-refractivity contribution in [3.05, 3.63) is 23.8 Å². The molecule has 4 heteroatoms. The second kappa shape index (κ2) is 5.47. The first-order valence-electron chi connectivity index (χ1n) is 4.48. The van der Waals surface area contributed by atoms with Gasteiger partial charge in [0.05, 0.1) is 6.61 Å². The number of ether oxygens (including phenoxy) is 1. The average molecular weight is 197 g/mol. The molecule has 3 N–H and O–H groups in total. The first-order chi connectivity index (χ1) is 6.74. The second-order valence-electron chi connectivity index (χ2n) is 2.96. The molecule has 14 heavy (non-hydrogen) atoms. The smallest absolute Gasteiger partial charge is 0.139 e. The molecule has 1 rings (SSSR count). The average Bonchev–Trinajstić information content (AvgIpc) is 2.18. The molecule has 0 atom stereocenters. The normalized spacial score (nSPS) is 10.1. The number of benzene rings is 1. The van der Waals surface area contributed by atoms with Crippen LogP contribution in [0, 0.1) is 6.92 Å². The fourth-order valence-electron chi connectivity index (χ4n) is 0.965. The Morgan fingerprint density at radius 1 is 1.43 bits per heavy atom. The molecule has 0 aliphatic heterocycles. The largest absolute Gasteiger partial charge is 0.508 e. The molecule has 4 nitrogen and oxygen atoms in total. The lowest BCUT2D eigenvalue weighted by atomic mass is 10.2. The molecule has 0 spiro atoms. The van der Waals surface area contributed by atoms with Crippen molar-refractivity contribution in [2.45, 2.75) is 6.92 Å². The summed E-state index contributed by atoms with van der Waals surface area (Å²) in [6.45, 7) is 2.73. The third-order valence-electron chi connectivity index (χ3n) is 1.81. The number of aliphatic hydroxyl groups excluding tert-OH is 1. The fourth-order valence-corrected chi connectivity index (χ4v) is 0.965. The van der Waals surface area contributed by atoms with Crippen LogP contribution in [0.3, 0.4) is 0 Å². The highest BCUT2D eigenvalue weighted by Gasteiger charge is 1.98. The van der Waals surface area contributed by atoms with Crippen LogP contribution in [0.5, 0.6) is 11.5 Å². The zero-order valence-electron chi connectivity index (χ0n) is 8.16. The molecule has 78 valence electrons. The van der Waals surface area contributed by atoms with E-state index in [-0.39, 0.29) is 12.4 Å². The van der Waals surface area contributed by atoms with Crippen molar-refractivity contribution >= 4 is 0 Å². The van der Waals surface area contributed by atoms with E-state index in [9.17, 15) is 5.11 Å². The van der Waals surface area contributed by atoms with Crippen LogP contribution in [0.2, 0.25) is 0 Å². The van der Waals surface area contributed by atoms with Crippen molar-refractivity contribution in [2.24, 2.45) is 0 Å². The van der Waals surface area contributed by atoms with E-state index >= 15 is 0 Å². The number of aryl methyl sites for hydroxylation is 1. The van der Waals surface area contributed by atoms with Gasteiger partial charge in [0.25, 0.3) is 0 Å². The highest BCUT2D eigenvalue weighted by Crippen LogP contribution is 2.22. The lowest BCUT2D eigenvalue weighted by Crippen LogP contribution is -2.23. The Morgan fingerprint density at radius 2 is 2.21 bits per heavy atom. The van der Waals surface area contributed by atoms with Crippen molar-refractivity contribution in [1.29, 1.82) is 0 Å². The summed E-state index contributed by atoms with van der Waals surface area (Å²) in [6, 6.07) is 5.14. The van der Waals surface area contributed by atoms with Gasteiger partial charge in [-0.3, -0.25) is 5.32 Å². The molecule has 0 aliphatic carbocycles. The third-order valence-corrected chi connectivity index (χ3v) is 1.81. The summed E-state index contributed by atoms with van der Waals surface area (Å²) in [6.07, 6.45) is 0. The Bertz CT molecular complexity index is 289. The maximum absolute atomic E-state index is 9.36. The van der Waals surface area contributed by atoms with Crippen molar-refractivity contribution in [3.63, 3.8) is 0 Å². The van der Waals surface area contributed by atoms with Crippen molar-refractivity contribution in [1.82, 2.24) is 5.32 Å². The summed E-state index contributed by atoms with van der Waals surface area (Å²) in [5.41, 5.74) is 0.820. The highest BCUT2D eigenvalue weighted by molar-refractivity contribution is 5.38. The Kier molecular flexibility index (Phi) is 4.22. The minimum absolute atomic E-state index is 0.0858. The lowest BCUT2D eigenvalue weighted by molar-refractivity contribution is 0.244. The van der Waals surface area contributed by atoms with E-state index in [4.69, 9.17) is 9.84 Å². The maximum Gasteiger partial charge on any atom is 0.139 e. The molecular formula is C10H15NO3. The van der Waals surface area contributed by atoms with Gasteiger partial charge in [0, 0.05) is 12.6 Å². The number of rotatable bonds is 5. The first-order valence-corrected chi connectivity index (χ1v) is 4.48. The van der Waals surface area contributed by atoms with Gasteiger partial charge >= 0.3 is 0 Å². The molecule has 0 unspecified atom stereocenters. The molecule has 0 heterocycles. The number of aliphatic hydroxyl groups is 1. The highest BCUT2D eigenvalue weighted by atomic mass is 16.5. The number of nitrogens with one attached hydrogen (secondary N) is 1. The Labute approximate surface area is 83.1 Å². The van der Waals surface area contributed by atoms with Gasteiger partial charge in [-0.15, -0.1) is 0 Å². The standard InChI is InChI=1S/C10H15NO3/c1-8-2-3-9(6-10(8)13)14-7-11-4-5-12/h2-3,6,11-13H,4-5,7H2,1H3. The van der Waals surface area contributed by atoms with Crippen molar-refractivity contribution in [2.75, 3.05) is 19.9 Å². The number of phenols is 1. The number of phenolic OH excluding ortho intramolecular Hbond substituents is 1. The van der Waals surface area contributed by atoms with Crippen LogP contribution in [0.4, 0.5) is 0 Å². The topological polar surface area (TPSA) is 61.7 Å². The van der Waals surface area contributed by atoms with Gasteiger partial charge in [-0.1, -0.05) is 6.07 Å². The first kappa shape index (κ1) is 10.8. The zero-order chi connectivity index (χ0) is 10.4. The summed E-state index contributed by atoms with van der Waals surface area (Å²) in [5.74, 6) is 0.836. The molecular weight excluding hydrogens is 182 g/mol. The molecule has 0 amide bonds. The van der Waals surface area contributed by atoms with Gasteiger partial charge in [-0.05, 0) is 18.6 Å². The van der Waals surface area contributed by atoms with Crippen LogP contribution in [-0.4, -0.2) is 30.1 Å². The van der Waals surface area contributed by atoms with E-state index in [0.717, 1.165) is 5.56 Å². The fraction of sp³-hybridized carbons (Fsp3) is 0.400. The van der Waals surface area contributed by atoms with E-state index in [0.29, 0.717) is 19.0 Å². The third kappa shape index (κ3) is 3.24. The summed E-state index contributed by atoms with van der Waals surface area (Å²) < 4.78 is 5.26. The summed E-state index contributed by atoms with van der Waals surface area (Å²) >= 11 is 0. The molecule has 0 saturated carbocycles. The van der Waals surface area contributed by atoms with E-state index in [1.807, 2.05) is 6.92 Å². The van der Waals surface area contributed by atoms with Crippen LogP contribution in [0.1, 0.15) is 5.56 Å². The quantitative estimate of drug-likeness (QED) is 0.478. The zero-order valence-corrected chi connectivity index (χ0v) is 8.16. The van der Waals surface area contributed by atoms with Crippen molar-refractivity contribution < 1.29 is 14.9 Å². The van der Waals surface area contributed by atoms with Gasteiger partial charge in [-0.2, -0.15) is 0 Å². The second-order valence-corrected chi connectivity index (χ2v) is 2.96. The monoisotopic (exact) mass is 197 g/mol. The number of aromatic hydroxyl groups is 1. The van der Waals surface area contributed by atoms with Gasteiger partial charge in [0.15, 0.2) is 0 Å². The van der Waals surface area contributed by atoms with Gasteiger partial charge in [0.1, 0.15) is 18.2 Å². The van der Waals surface area contributed by atoms with Gasteiger partial charge in [0.2, 0.25) is 0 Å². The predicted octanol–water partition coefficient (Wildman–Crippen LogP) is 0.619. The van der Waals surface area contributed by atoms with E-state index < -0.39 is 0 Å². The van der Waals surface area contributed by atoms with Gasteiger partial charge in [-0.25, -0.2) is 0 Å². The summed E-state index contributed by atoms with van der Waals surface area (Å²) in [4.78, 5) is 0. The SMILES string of the molecule is Cc1ccc(OCNCCO)cc1O. The molecule has 0 saturated heterocycles. The van der Waals surface area contributed by atoms with E-state index in [2.05, 4.69) is 5.32 Å². The molecule has 1 aromatic carbocycles. The minimum atomic E-state index is 0.0858. The molecule has 1 aromatic rings. The summed E-state index contributed by atoms with van der Waals surface area (Å²) in [7, 11) is 0. The Hall–Kier alpha value is -1.26. The molecule has 0 fully saturated rings. The lowest BCUT2D eigenvalue weighted by Gasteiger charge is -2.07. The maximum atomic E-state index is 9.36. The number of hydrogen-bond acceptors (Lipinski definition) is 4. The van der Waals surface area contributed by atoms with Crippen LogP contribution >= 0.6 is 0 Å². The Morgan fingerprint density at radius 3 is 2.86 bits per heavy atom. The summed E-state index contributed by atoms with van der Waals surface area (Å²) in [5, 5.41) is 20.7. The van der Waals surface area contributed by atoms with Crippen LogP contribution < -0.4 is 10.1 Å².